The van der Waals surface area contributed by atoms with Gasteiger partial charge in [0.25, 0.3) is 0 Å². The van der Waals surface area contributed by atoms with Crippen LogP contribution < -0.4 is 5.63 Å². The first kappa shape index (κ1) is 12.6. The Morgan fingerprint density at radius 1 is 1.28 bits per heavy atom. The molecule has 0 aliphatic rings. The van der Waals surface area contributed by atoms with E-state index in [1.54, 1.807) is 32.0 Å². The van der Waals surface area contributed by atoms with Crippen molar-refractivity contribution in [3.63, 3.8) is 0 Å². The van der Waals surface area contributed by atoms with Crippen molar-refractivity contribution in [3.05, 3.63) is 40.2 Å². The average Bonchev–Trinajstić information content (AvgIpc) is 2.25. The van der Waals surface area contributed by atoms with Gasteiger partial charge in [0.05, 0.1) is 5.60 Å². The van der Waals surface area contributed by atoms with Crippen molar-refractivity contribution in [1.29, 1.82) is 0 Å². The van der Waals surface area contributed by atoms with Crippen LogP contribution in [0.1, 0.15) is 25.8 Å². The summed E-state index contributed by atoms with van der Waals surface area (Å²) >= 11 is 0. The lowest BCUT2D eigenvalue weighted by atomic mass is 9.99. The third-order valence-electron chi connectivity index (χ3n) is 2.80. The van der Waals surface area contributed by atoms with Crippen LogP contribution in [0.3, 0.4) is 0 Å². The van der Waals surface area contributed by atoms with E-state index in [1.807, 2.05) is 0 Å². The maximum atomic E-state index is 11.7. The zero-order valence-corrected chi connectivity index (χ0v) is 10.4. The molecule has 0 saturated carbocycles. The predicted molar refractivity (Wildman–Crippen MR) is 68.8 cm³/mol. The molecule has 4 nitrogen and oxygen atoms in total. The van der Waals surface area contributed by atoms with Crippen LogP contribution in [0.4, 0.5) is 0 Å². The molecule has 0 unspecified atom stereocenters. The van der Waals surface area contributed by atoms with Gasteiger partial charge in [0.2, 0.25) is 0 Å². The molecular weight excluding hydrogens is 232 g/mol. The van der Waals surface area contributed by atoms with Crippen molar-refractivity contribution in [2.24, 2.45) is 0 Å². The number of hydrogen-bond acceptors (Lipinski definition) is 4. The summed E-state index contributed by atoms with van der Waals surface area (Å²) in [6.45, 7) is 3.40. The number of rotatable bonds is 3. The van der Waals surface area contributed by atoms with Crippen LogP contribution in [0.5, 0.6) is 5.75 Å². The van der Waals surface area contributed by atoms with Gasteiger partial charge in [-0.25, -0.2) is 4.79 Å². The van der Waals surface area contributed by atoms with Crippen molar-refractivity contribution < 1.29 is 14.6 Å². The van der Waals surface area contributed by atoms with Crippen LogP contribution in [-0.4, -0.2) is 15.8 Å². The predicted octanol–water partition coefficient (Wildman–Crippen LogP) is 2.20. The molecule has 1 heterocycles. The monoisotopic (exact) mass is 248 g/mol. The number of hydrogen-bond donors (Lipinski definition) is 2. The second-order valence-corrected chi connectivity index (χ2v) is 5.09. The fraction of sp³-hybridized carbons (Fsp3) is 0.357. The first-order valence-electron chi connectivity index (χ1n) is 5.83. The van der Waals surface area contributed by atoms with Crippen LogP contribution in [0, 0.1) is 0 Å². The summed E-state index contributed by atoms with van der Waals surface area (Å²) in [5, 5.41) is 19.7. The molecule has 0 aliphatic carbocycles. The largest absolute Gasteiger partial charge is 0.508 e. The number of phenolic OH excluding ortho intramolecular Hbond substituents is 1. The van der Waals surface area contributed by atoms with Crippen molar-refractivity contribution in [2.45, 2.75) is 32.3 Å². The van der Waals surface area contributed by atoms with Gasteiger partial charge >= 0.3 is 5.63 Å². The smallest absolute Gasteiger partial charge is 0.339 e. The number of aliphatic hydroxyl groups is 1. The highest BCUT2D eigenvalue weighted by Crippen LogP contribution is 2.20. The quantitative estimate of drug-likeness (QED) is 0.817. The van der Waals surface area contributed by atoms with Gasteiger partial charge in [-0.1, -0.05) is 0 Å². The molecule has 0 bridgehead atoms. The number of fused-ring (bicyclic) bond motifs is 1. The van der Waals surface area contributed by atoms with E-state index in [1.165, 1.54) is 6.07 Å². The molecule has 0 radical (unpaired) electrons. The average molecular weight is 248 g/mol. The molecule has 0 spiro atoms. The van der Waals surface area contributed by atoms with E-state index < -0.39 is 11.2 Å². The Kier molecular flexibility index (Phi) is 3.13. The van der Waals surface area contributed by atoms with Crippen molar-refractivity contribution in [1.82, 2.24) is 0 Å². The van der Waals surface area contributed by atoms with Crippen LogP contribution in [-0.2, 0) is 6.42 Å². The van der Waals surface area contributed by atoms with Crippen molar-refractivity contribution >= 4 is 11.0 Å². The van der Waals surface area contributed by atoms with Crippen LogP contribution in [0.25, 0.3) is 11.0 Å². The third-order valence-corrected chi connectivity index (χ3v) is 2.80. The molecule has 0 fully saturated rings. The summed E-state index contributed by atoms with van der Waals surface area (Å²) in [5.74, 6) is 0.0647. The Labute approximate surface area is 104 Å². The minimum Gasteiger partial charge on any atom is -0.508 e. The summed E-state index contributed by atoms with van der Waals surface area (Å²) < 4.78 is 5.14. The van der Waals surface area contributed by atoms with Gasteiger partial charge in [-0.15, -0.1) is 0 Å². The third kappa shape index (κ3) is 2.90. The molecule has 0 aliphatic heterocycles. The Morgan fingerprint density at radius 3 is 2.67 bits per heavy atom. The van der Waals surface area contributed by atoms with Gasteiger partial charge in [0, 0.05) is 17.0 Å². The molecule has 2 N–H and O–H groups in total. The highest BCUT2D eigenvalue weighted by Gasteiger charge is 2.14. The summed E-state index contributed by atoms with van der Waals surface area (Å²) in [4.78, 5) is 11.7. The fourth-order valence-electron chi connectivity index (χ4n) is 1.76. The maximum Gasteiger partial charge on any atom is 0.339 e. The molecule has 2 aromatic rings. The van der Waals surface area contributed by atoms with E-state index >= 15 is 0 Å². The lowest BCUT2D eigenvalue weighted by Gasteiger charge is -2.16. The van der Waals surface area contributed by atoms with E-state index in [0.717, 1.165) is 5.39 Å². The first-order chi connectivity index (χ1) is 8.35. The number of phenols is 1. The number of aryl methyl sites for hydroxylation is 1. The molecule has 18 heavy (non-hydrogen) atoms. The Hall–Kier alpha value is -1.81. The van der Waals surface area contributed by atoms with E-state index in [0.29, 0.717) is 24.0 Å². The van der Waals surface area contributed by atoms with Gasteiger partial charge < -0.3 is 14.6 Å². The first-order valence-corrected chi connectivity index (χ1v) is 5.83. The molecule has 0 atom stereocenters. The SMILES string of the molecule is CC(C)(O)CCc1cc2ccc(O)cc2oc1=O. The Bertz CT molecular complexity index is 620. The Morgan fingerprint density at radius 2 is 2.00 bits per heavy atom. The minimum absolute atomic E-state index is 0.0647. The van der Waals surface area contributed by atoms with Crippen LogP contribution in [0.2, 0.25) is 0 Å². The van der Waals surface area contributed by atoms with Crippen LogP contribution >= 0.6 is 0 Å². The lowest BCUT2D eigenvalue weighted by Crippen LogP contribution is -2.21. The van der Waals surface area contributed by atoms with Gasteiger partial charge in [0.1, 0.15) is 11.3 Å². The summed E-state index contributed by atoms with van der Waals surface area (Å²) in [6.07, 6.45) is 0.948. The number of benzene rings is 1. The standard InChI is InChI=1S/C14H16O4/c1-14(2,17)6-5-10-7-9-3-4-11(15)8-12(9)18-13(10)16/h3-4,7-8,15,17H,5-6H2,1-2H3. The highest BCUT2D eigenvalue weighted by atomic mass is 16.4. The molecular formula is C14H16O4. The van der Waals surface area contributed by atoms with E-state index in [4.69, 9.17) is 4.42 Å². The maximum absolute atomic E-state index is 11.7. The van der Waals surface area contributed by atoms with Gasteiger partial charge in [-0.2, -0.15) is 0 Å². The molecule has 2 rings (SSSR count). The minimum atomic E-state index is -0.809. The Balaban J connectivity index is 2.38. The lowest BCUT2D eigenvalue weighted by molar-refractivity contribution is 0.0712. The fourth-order valence-corrected chi connectivity index (χ4v) is 1.76. The molecule has 1 aromatic heterocycles. The summed E-state index contributed by atoms with van der Waals surface area (Å²) in [7, 11) is 0. The van der Waals surface area contributed by atoms with E-state index in [9.17, 15) is 15.0 Å². The second kappa shape index (κ2) is 4.46. The normalized spacial score (nSPS) is 11.9. The molecule has 4 heteroatoms. The van der Waals surface area contributed by atoms with Gasteiger partial charge in [-0.05, 0) is 44.9 Å². The zero-order valence-electron chi connectivity index (χ0n) is 10.4. The zero-order chi connectivity index (χ0) is 13.3. The second-order valence-electron chi connectivity index (χ2n) is 5.09. The summed E-state index contributed by atoms with van der Waals surface area (Å²) in [6, 6.07) is 6.39. The topological polar surface area (TPSA) is 70.7 Å². The van der Waals surface area contributed by atoms with Crippen molar-refractivity contribution in [2.75, 3.05) is 0 Å². The molecule has 0 amide bonds. The molecule has 1 aromatic carbocycles. The highest BCUT2D eigenvalue weighted by molar-refractivity contribution is 5.78. The molecule has 96 valence electrons. The summed E-state index contributed by atoms with van der Waals surface area (Å²) in [5.41, 5.74) is -0.323. The van der Waals surface area contributed by atoms with Crippen molar-refractivity contribution in [3.8, 4) is 5.75 Å². The van der Waals surface area contributed by atoms with Gasteiger partial charge in [0.15, 0.2) is 0 Å². The van der Waals surface area contributed by atoms with E-state index in [2.05, 4.69) is 0 Å². The van der Waals surface area contributed by atoms with E-state index in [-0.39, 0.29) is 5.75 Å². The molecule has 0 saturated heterocycles. The van der Waals surface area contributed by atoms with Gasteiger partial charge in [-0.3, -0.25) is 0 Å². The number of aromatic hydroxyl groups is 1. The van der Waals surface area contributed by atoms with Crippen LogP contribution in [0.15, 0.2) is 33.5 Å².